The van der Waals surface area contributed by atoms with E-state index in [1.54, 1.807) is 25.1 Å². The molecule has 0 aliphatic rings. The van der Waals surface area contributed by atoms with Crippen molar-refractivity contribution in [2.24, 2.45) is 0 Å². The van der Waals surface area contributed by atoms with E-state index in [0.717, 1.165) is 5.56 Å². The van der Waals surface area contributed by atoms with E-state index in [1.165, 1.54) is 0 Å². The lowest BCUT2D eigenvalue weighted by atomic mass is 10.1. The summed E-state index contributed by atoms with van der Waals surface area (Å²) in [7, 11) is 0. The number of carboxylic acids is 1. The van der Waals surface area contributed by atoms with Crippen LogP contribution in [0.1, 0.15) is 16.1 Å². The molecule has 0 spiro atoms. The summed E-state index contributed by atoms with van der Waals surface area (Å²) in [6, 6.07) is 5.20. The van der Waals surface area contributed by atoms with E-state index in [1.807, 2.05) is 0 Å². The van der Waals surface area contributed by atoms with Gasteiger partial charge in [0, 0.05) is 10.8 Å². The van der Waals surface area contributed by atoms with Gasteiger partial charge < -0.3 is 15.5 Å². The molecule has 6 nitrogen and oxygen atoms in total. The van der Waals surface area contributed by atoms with Gasteiger partial charge in [-0.3, -0.25) is 9.59 Å². The highest BCUT2D eigenvalue weighted by Gasteiger charge is 2.19. The van der Waals surface area contributed by atoms with E-state index < -0.39 is 18.4 Å². The van der Waals surface area contributed by atoms with Gasteiger partial charge in [-0.25, -0.2) is 4.98 Å². The smallest absolute Gasteiger partial charge is 0.322 e. The van der Waals surface area contributed by atoms with Gasteiger partial charge in [-0.15, -0.1) is 0 Å². The Bertz CT molecular complexity index is 715. The zero-order valence-corrected chi connectivity index (χ0v) is 11.2. The predicted molar refractivity (Wildman–Crippen MR) is 73.1 cm³/mol. The molecule has 0 fully saturated rings. The number of carbonyl (C=O) groups is 2. The Morgan fingerprint density at radius 3 is 2.75 bits per heavy atom. The van der Waals surface area contributed by atoms with Gasteiger partial charge in [0.15, 0.2) is 11.4 Å². The Hall–Kier alpha value is -2.34. The third kappa shape index (κ3) is 2.50. The van der Waals surface area contributed by atoms with Crippen molar-refractivity contribution in [2.75, 3.05) is 6.54 Å². The van der Waals surface area contributed by atoms with E-state index in [4.69, 9.17) is 16.7 Å². The van der Waals surface area contributed by atoms with Crippen LogP contribution < -0.4 is 5.32 Å². The summed E-state index contributed by atoms with van der Waals surface area (Å²) >= 11 is 5.99. The summed E-state index contributed by atoms with van der Waals surface area (Å²) < 4.78 is 0. The average Bonchev–Trinajstić information content (AvgIpc) is 2.40. The van der Waals surface area contributed by atoms with Gasteiger partial charge in [-0.05, 0) is 12.5 Å². The van der Waals surface area contributed by atoms with Gasteiger partial charge in [-0.2, -0.15) is 0 Å². The van der Waals surface area contributed by atoms with Crippen LogP contribution in [0.15, 0.2) is 18.2 Å². The third-order valence-electron chi connectivity index (χ3n) is 2.78. The molecule has 0 atom stereocenters. The first-order chi connectivity index (χ1) is 9.41. The standard InChI is InChI=1S/C13H11ClN2O4/c1-6-3-2-4-7-9(6)11(19)10(16-12(7)14)13(20)15-5-8(17)18/h2-4,19H,5H2,1H3,(H,15,20)(H,17,18). The highest BCUT2D eigenvalue weighted by atomic mass is 35.5. The molecular weight excluding hydrogens is 284 g/mol. The van der Waals surface area contributed by atoms with Crippen molar-refractivity contribution in [1.82, 2.24) is 10.3 Å². The number of carboxylic acid groups (broad SMARTS) is 1. The highest BCUT2D eigenvalue weighted by molar-refractivity contribution is 6.35. The van der Waals surface area contributed by atoms with Crippen molar-refractivity contribution in [3.63, 3.8) is 0 Å². The second-order valence-corrected chi connectivity index (χ2v) is 4.53. The minimum absolute atomic E-state index is 0.0713. The number of fused-ring (bicyclic) bond motifs is 1. The fraction of sp³-hybridized carbons (Fsp3) is 0.154. The molecule has 104 valence electrons. The quantitative estimate of drug-likeness (QED) is 0.748. The van der Waals surface area contributed by atoms with E-state index in [-0.39, 0.29) is 16.6 Å². The van der Waals surface area contributed by atoms with Crippen LogP contribution in [0.2, 0.25) is 5.15 Å². The number of aromatic hydroxyl groups is 1. The maximum atomic E-state index is 11.8. The van der Waals surface area contributed by atoms with Crippen molar-refractivity contribution in [1.29, 1.82) is 0 Å². The molecule has 20 heavy (non-hydrogen) atoms. The SMILES string of the molecule is Cc1cccc2c(Cl)nc(C(=O)NCC(=O)O)c(O)c12. The number of carbonyl (C=O) groups excluding carboxylic acids is 1. The second-order valence-electron chi connectivity index (χ2n) is 4.17. The predicted octanol–water partition coefficient (Wildman–Crippen LogP) is 1.72. The lowest BCUT2D eigenvalue weighted by Crippen LogP contribution is -2.30. The van der Waals surface area contributed by atoms with Crippen LogP contribution >= 0.6 is 11.6 Å². The third-order valence-corrected chi connectivity index (χ3v) is 3.07. The maximum absolute atomic E-state index is 11.8. The normalized spacial score (nSPS) is 10.5. The number of hydrogen-bond acceptors (Lipinski definition) is 4. The van der Waals surface area contributed by atoms with Crippen molar-refractivity contribution in [3.8, 4) is 5.75 Å². The van der Waals surface area contributed by atoms with Crippen LogP contribution in [0, 0.1) is 6.92 Å². The number of hydrogen-bond donors (Lipinski definition) is 3. The van der Waals surface area contributed by atoms with Gasteiger partial charge in [0.25, 0.3) is 5.91 Å². The Labute approximate surface area is 119 Å². The summed E-state index contributed by atoms with van der Waals surface area (Å²) in [6.07, 6.45) is 0. The molecule has 1 aromatic heterocycles. The molecular formula is C13H11ClN2O4. The van der Waals surface area contributed by atoms with Gasteiger partial charge in [-0.1, -0.05) is 29.8 Å². The molecule has 0 saturated heterocycles. The number of rotatable bonds is 3. The molecule has 0 saturated carbocycles. The number of halogens is 1. The monoisotopic (exact) mass is 294 g/mol. The average molecular weight is 295 g/mol. The first-order valence-electron chi connectivity index (χ1n) is 5.69. The summed E-state index contributed by atoms with van der Waals surface area (Å²) in [5.41, 5.74) is 0.439. The molecule has 3 N–H and O–H groups in total. The lowest BCUT2D eigenvalue weighted by molar-refractivity contribution is -0.135. The number of amides is 1. The molecule has 0 bridgehead atoms. The molecule has 2 rings (SSSR count). The molecule has 1 aromatic carbocycles. The van der Waals surface area contributed by atoms with Crippen LogP contribution in [-0.4, -0.2) is 33.6 Å². The topological polar surface area (TPSA) is 99.5 Å². The maximum Gasteiger partial charge on any atom is 0.322 e. The fourth-order valence-electron chi connectivity index (χ4n) is 1.88. The molecule has 0 aliphatic carbocycles. The van der Waals surface area contributed by atoms with E-state index in [9.17, 15) is 14.7 Å². The number of nitrogens with zero attached hydrogens (tertiary/aromatic N) is 1. The molecule has 0 aliphatic heterocycles. The number of nitrogens with one attached hydrogen (secondary N) is 1. The van der Waals surface area contributed by atoms with E-state index >= 15 is 0 Å². The minimum Gasteiger partial charge on any atom is -0.505 e. The van der Waals surface area contributed by atoms with Crippen LogP contribution in [0.5, 0.6) is 5.75 Å². The molecule has 2 aromatic rings. The molecule has 0 radical (unpaired) electrons. The van der Waals surface area contributed by atoms with Crippen molar-refractivity contribution in [2.45, 2.75) is 6.92 Å². The number of benzene rings is 1. The molecule has 1 amide bonds. The fourth-order valence-corrected chi connectivity index (χ4v) is 2.12. The van der Waals surface area contributed by atoms with E-state index in [0.29, 0.717) is 10.8 Å². The number of aromatic nitrogens is 1. The Balaban J connectivity index is 2.55. The zero-order valence-electron chi connectivity index (χ0n) is 10.5. The lowest BCUT2D eigenvalue weighted by Gasteiger charge is -2.10. The van der Waals surface area contributed by atoms with Crippen molar-refractivity contribution < 1.29 is 19.8 Å². The number of aliphatic carboxylic acids is 1. The molecule has 7 heteroatoms. The first kappa shape index (κ1) is 14.1. The van der Waals surface area contributed by atoms with E-state index in [2.05, 4.69) is 10.3 Å². The summed E-state index contributed by atoms with van der Waals surface area (Å²) in [4.78, 5) is 26.1. The van der Waals surface area contributed by atoms with Crippen LogP contribution in [0.25, 0.3) is 10.8 Å². The van der Waals surface area contributed by atoms with Crippen molar-refractivity contribution >= 4 is 34.2 Å². The van der Waals surface area contributed by atoms with Gasteiger partial charge in [0.05, 0.1) is 0 Å². The largest absolute Gasteiger partial charge is 0.505 e. The Kier molecular flexibility index (Phi) is 3.76. The Morgan fingerprint density at radius 1 is 1.40 bits per heavy atom. The van der Waals surface area contributed by atoms with Gasteiger partial charge in [0.2, 0.25) is 0 Å². The summed E-state index contributed by atoms with van der Waals surface area (Å²) in [6.45, 7) is 1.20. The summed E-state index contributed by atoms with van der Waals surface area (Å²) in [5, 5.41) is 21.8. The van der Waals surface area contributed by atoms with Crippen molar-refractivity contribution in [3.05, 3.63) is 34.6 Å². The Morgan fingerprint density at radius 2 is 2.10 bits per heavy atom. The first-order valence-corrected chi connectivity index (χ1v) is 6.07. The minimum atomic E-state index is -1.19. The summed E-state index contributed by atoms with van der Waals surface area (Å²) in [5.74, 6) is -2.30. The van der Waals surface area contributed by atoms with Gasteiger partial charge in [0.1, 0.15) is 11.7 Å². The number of pyridine rings is 1. The van der Waals surface area contributed by atoms with Crippen LogP contribution in [-0.2, 0) is 4.79 Å². The van der Waals surface area contributed by atoms with Gasteiger partial charge >= 0.3 is 5.97 Å². The number of aryl methyl sites for hydroxylation is 1. The zero-order chi connectivity index (χ0) is 14.9. The second kappa shape index (κ2) is 5.34. The van der Waals surface area contributed by atoms with Crippen LogP contribution in [0.4, 0.5) is 0 Å². The highest BCUT2D eigenvalue weighted by Crippen LogP contribution is 2.34. The molecule has 0 unspecified atom stereocenters. The molecule has 1 heterocycles. The van der Waals surface area contributed by atoms with Crippen LogP contribution in [0.3, 0.4) is 0 Å².